The number of anilines is 1. The van der Waals surface area contributed by atoms with Gasteiger partial charge in [0.15, 0.2) is 5.82 Å². The number of amides is 1. The van der Waals surface area contributed by atoms with Crippen LogP contribution in [0.3, 0.4) is 0 Å². The first-order valence-electron chi connectivity index (χ1n) is 8.25. The molecule has 1 aromatic heterocycles. The molecule has 8 heteroatoms. The summed E-state index contributed by atoms with van der Waals surface area (Å²) in [5.41, 5.74) is 1.55. The Morgan fingerprint density at radius 3 is 2.70 bits per heavy atom. The number of H-pyrrole nitrogens is 1. The lowest BCUT2D eigenvalue weighted by atomic mass is 10.2. The van der Waals surface area contributed by atoms with Gasteiger partial charge in [-0.15, -0.1) is 5.10 Å². The quantitative estimate of drug-likeness (QED) is 0.623. The van der Waals surface area contributed by atoms with Crippen molar-refractivity contribution in [2.75, 3.05) is 19.1 Å². The third kappa shape index (κ3) is 4.43. The molecular weight excluding hydrogens is 384 g/mol. The van der Waals surface area contributed by atoms with Crippen LogP contribution in [0.25, 0.3) is 11.4 Å². The molecule has 27 heavy (non-hydrogen) atoms. The van der Waals surface area contributed by atoms with E-state index in [1.807, 2.05) is 37.3 Å². The number of nitrogens with one attached hydrogen (secondary N) is 1. The van der Waals surface area contributed by atoms with E-state index in [0.29, 0.717) is 27.3 Å². The molecule has 0 aliphatic carbocycles. The lowest BCUT2D eigenvalue weighted by Gasteiger charge is -2.20. The highest BCUT2D eigenvalue weighted by molar-refractivity contribution is 8.00. The predicted octanol–water partition coefficient (Wildman–Crippen LogP) is 4.28. The zero-order chi connectivity index (χ0) is 19.4. The molecule has 0 bridgehead atoms. The Bertz CT molecular complexity index is 932. The Hall–Kier alpha value is -2.51. The van der Waals surface area contributed by atoms with E-state index < -0.39 is 0 Å². The van der Waals surface area contributed by atoms with Crippen LogP contribution in [-0.4, -0.2) is 40.5 Å². The van der Waals surface area contributed by atoms with Gasteiger partial charge in [0.25, 0.3) is 0 Å². The van der Waals surface area contributed by atoms with Crippen LogP contribution in [0.4, 0.5) is 5.69 Å². The zero-order valence-electron chi connectivity index (χ0n) is 15.1. The molecule has 0 fully saturated rings. The van der Waals surface area contributed by atoms with E-state index in [2.05, 4.69) is 15.2 Å². The summed E-state index contributed by atoms with van der Waals surface area (Å²) in [5, 5.41) is 7.80. The number of aromatic amines is 1. The molecule has 1 N–H and O–H groups in total. The standard InChI is InChI=1S/C19H19ClN4O2S/c1-12(18(25)24(2)14-7-5-4-6-8-14)27-19-21-17(22-23-19)15-11-13(20)9-10-16(15)26-3/h4-12H,1-3H3,(H,21,22,23)/t12-/m0/s1. The topological polar surface area (TPSA) is 71.1 Å². The Balaban J connectivity index is 1.74. The molecule has 1 heterocycles. The highest BCUT2D eigenvalue weighted by Gasteiger charge is 2.22. The molecule has 0 spiro atoms. The maximum atomic E-state index is 12.7. The van der Waals surface area contributed by atoms with Gasteiger partial charge in [-0.2, -0.15) is 0 Å². The average Bonchev–Trinajstić information content (AvgIpc) is 3.15. The van der Waals surface area contributed by atoms with E-state index >= 15 is 0 Å². The van der Waals surface area contributed by atoms with Crippen LogP contribution in [0.5, 0.6) is 5.75 Å². The number of carbonyl (C=O) groups is 1. The minimum absolute atomic E-state index is 0.0297. The van der Waals surface area contributed by atoms with Crippen molar-refractivity contribution >= 4 is 35.0 Å². The fourth-order valence-electron chi connectivity index (χ4n) is 2.54. The third-order valence-corrected chi connectivity index (χ3v) is 5.17. The summed E-state index contributed by atoms with van der Waals surface area (Å²) in [6, 6.07) is 14.8. The number of hydrogen-bond acceptors (Lipinski definition) is 5. The zero-order valence-corrected chi connectivity index (χ0v) is 16.7. The van der Waals surface area contributed by atoms with Crippen LogP contribution in [0.2, 0.25) is 5.02 Å². The molecule has 0 radical (unpaired) electrons. The van der Waals surface area contributed by atoms with Crippen molar-refractivity contribution in [3.63, 3.8) is 0 Å². The lowest BCUT2D eigenvalue weighted by Crippen LogP contribution is -2.33. The molecule has 0 unspecified atom stereocenters. The normalized spacial score (nSPS) is 11.9. The Morgan fingerprint density at radius 1 is 1.26 bits per heavy atom. The van der Waals surface area contributed by atoms with Crippen molar-refractivity contribution in [2.45, 2.75) is 17.3 Å². The highest BCUT2D eigenvalue weighted by atomic mass is 35.5. The molecule has 0 saturated carbocycles. The molecule has 3 rings (SSSR count). The van der Waals surface area contributed by atoms with Crippen LogP contribution in [0.1, 0.15) is 6.92 Å². The molecular formula is C19H19ClN4O2S. The molecule has 0 aliphatic rings. The molecule has 6 nitrogen and oxygen atoms in total. The number of aromatic nitrogens is 3. The minimum atomic E-state index is -0.347. The second-order valence-corrected chi connectivity index (χ2v) is 7.55. The van der Waals surface area contributed by atoms with Crippen molar-refractivity contribution in [3.05, 3.63) is 53.6 Å². The van der Waals surface area contributed by atoms with Gasteiger partial charge in [0.2, 0.25) is 11.1 Å². The third-order valence-electron chi connectivity index (χ3n) is 3.99. The molecule has 1 amide bonds. The van der Waals surface area contributed by atoms with Gasteiger partial charge in [-0.05, 0) is 37.3 Å². The molecule has 3 aromatic rings. The molecule has 0 aliphatic heterocycles. The molecule has 140 valence electrons. The number of thioether (sulfide) groups is 1. The van der Waals surface area contributed by atoms with E-state index in [0.717, 1.165) is 5.69 Å². The van der Waals surface area contributed by atoms with Gasteiger partial charge in [0, 0.05) is 17.8 Å². The predicted molar refractivity (Wildman–Crippen MR) is 109 cm³/mol. The van der Waals surface area contributed by atoms with Gasteiger partial charge in [-0.1, -0.05) is 41.6 Å². The fourth-order valence-corrected chi connectivity index (χ4v) is 3.53. The number of benzene rings is 2. The highest BCUT2D eigenvalue weighted by Crippen LogP contribution is 2.32. The van der Waals surface area contributed by atoms with Gasteiger partial charge in [0.1, 0.15) is 5.75 Å². The van der Waals surface area contributed by atoms with Gasteiger partial charge in [-0.3, -0.25) is 9.89 Å². The SMILES string of the molecule is COc1ccc(Cl)cc1-c1nc(S[C@@H](C)C(=O)N(C)c2ccccc2)n[nH]1. The monoisotopic (exact) mass is 402 g/mol. The fraction of sp³-hybridized carbons (Fsp3) is 0.211. The van der Waals surface area contributed by atoms with Gasteiger partial charge < -0.3 is 9.64 Å². The van der Waals surface area contributed by atoms with Crippen LogP contribution in [0.15, 0.2) is 53.7 Å². The van der Waals surface area contributed by atoms with Crippen molar-refractivity contribution in [1.82, 2.24) is 15.2 Å². The van der Waals surface area contributed by atoms with E-state index in [4.69, 9.17) is 16.3 Å². The van der Waals surface area contributed by atoms with Crippen LogP contribution < -0.4 is 9.64 Å². The van der Waals surface area contributed by atoms with Crippen LogP contribution in [-0.2, 0) is 4.79 Å². The Kier molecular flexibility index (Phi) is 6.03. The maximum absolute atomic E-state index is 12.7. The summed E-state index contributed by atoms with van der Waals surface area (Å²) >= 11 is 7.37. The van der Waals surface area contributed by atoms with Crippen molar-refractivity contribution in [3.8, 4) is 17.1 Å². The summed E-state index contributed by atoms with van der Waals surface area (Å²) in [4.78, 5) is 18.8. The van der Waals surface area contributed by atoms with Crippen molar-refractivity contribution in [1.29, 1.82) is 0 Å². The lowest BCUT2D eigenvalue weighted by molar-refractivity contribution is -0.117. The average molecular weight is 403 g/mol. The minimum Gasteiger partial charge on any atom is -0.496 e. The first-order valence-corrected chi connectivity index (χ1v) is 9.51. The maximum Gasteiger partial charge on any atom is 0.240 e. The van der Waals surface area contributed by atoms with Gasteiger partial charge >= 0.3 is 0 Å². The number of hydrogen-bond donors (Lipinski definition) is 1. The van der Waals surface area contributed by atoms with Crippen LogP contribution >= 0.6 is 23.4 Å². The summed E-state index contributed by atoms with van der Waals surface area (Å²) in [7, 11) is 3.34. The molecule has 2 aromatic carbocycles. The van der Waals surface area contributed by atoms with Gasteiger partial charge in [-0.25, -0.2) is 4.98 Å². The second-order valence-electron chi connectivity index (χ2n) is 5.80. The number of carbonyl (C=O) groups excluding carboxylic acids is 1. The van der Waals surface area contributed by atoms with E-state index in [-0.39, 0.29) is 11.2 Å². The second kappa shape index (κ2) is 8.45. The number of rotatable bonds is 6. The Morgan fingerprint density at radius 2 is 2.00 bits per heavy atom. The molecule has 0 saturated heterocycles. The summed E-state index contributed by atoms with van der Waals surface area (Å²) in [6.45, 7) is 1.84. The van der Waals surface area contributed by atoms with Crippen molar-refractivity contribution < 1.29 is 9.53 Å². The summed E-state index contributed by atoms with van der Waals surface area (Å²) in [5.74, 6) is 1.14. The first kappa shape index (κ1) is 19.3. The van der Waals surface area contributed by atoms with Crippen LogP contribution in [0, 0.1) is 0 Å². The summed E-state index contributed by atoms with van der Waals surface area (Å²) < 4.78 is 5.35. The smallest absolute Gasteiger partial charge is 0.240 e. The summed E-state index contributed by atoms with van der Waals surface area (Å²) in [6.07, 6.45) is 0. The Labute approximate surface area is 166 Å². The number of methoxy groups -OCH3 is 1. The van der Waals surface area contributed by atoms with Gasteiger partial charge in [0.05, 0.1) is 17.9 Å². The largest absolute Gasteiger partial charge is 0.496 e. The molecule has 1 atom stereocenters. The number of halogens is 1. The number of para-hydroxylation sites is 1. The van der Waals surface area contributed by atoms with E-state index in [1.165, 1.54) is 11.8 Å². The van der Waals surface area contributed by atoms with E-state index in [1.54, 1.807) is 37.3 Å². The first-order chi connectivity index (χ1) is 13.0. The van der Waals surface area contributed by atoms with Crippen molar-refractivity contribution in [2.24, 2.45) is 0 Å². The number of ether oxygens (including phenoxy) is 1. The number of nitrogens with zero attached hydrogens (tertiary/aromatic N) is 3. The van der Waals surface area contributed by atoms with E-state index in [9.17, 15) is 4.79 Å².